The molecule has 94 valence electrons. The van der Waals surface area contributed by atoms with Gasteiger partial charge in [0.25, 0.3) is 0 Å². The fourth-order valence-electron chi connectivity index (χ4n) is 1.84. The number of rotatable bonds is 3. The van der Waals surface area contributed by atoms with Crippen LogP contribution in [0.4, 0.5) is 0 Å². The average molecular weight is 366 g/mol. The number of carbonyl (C=O) groups is 1. The van der Waals surface area contributed by atoms with Crippen LogP contribution >= 0.6 is 31.9 Å². The number of carbonyl (C=O) groups excluding carboxylic acids is 1. The normalized spacial score (nSPS) is 21.1. The van der Waals surface area contributed by atoms with Crippen molar-refractivity contribution in [3.05, 3.63) is 21.0 Å². The number of furan rings is 1. The summed E-state index contributed by atoms with van der Waals surface area (Å²) in [5.41, 5.74) is 0. The zero-order chi connectivity index (χ0) is 12.3. The summed E-state index contributed by atoms with van der Waals surface area (Å²) in [6.07, 6.45) is 3.01. The minimum atomic E-state index is -0.111. The molecule has 2 rings (SSSR count). The van der Waals surface area contributed by atoms with Gasteiger partial charge in [0.1, 0.15) is 5.76 Å². The van der Waals surface area contributed by atoms with Crippen molar-refractivity contribution in [1.29, 1.82) is 0 Å². The molecule has 1 aromatic rings. The molecule has 1 aliphatic heterocycles. The monoisotopic (exact) mass is 364 g/mol. The predicted octanol–water partition coefficient (Wildman–Crippen LogP) is 2.56. The Labute approximate surface area is 117 Å². The Hall–Kier alpha value is -0.330. The molecule has 1 atom stereocenters. The van der Waals surface area contributed by atoms with Crippen LogP contribution in [0.5, 0.6) is 0 Å². The summed E-state index contributed by atoms with van der Waals surface area (Å²) in [6, 6.07) is 1.78. The Balaban J connectivity index is 1.90. The minimum Gasteiger partial charge on any atom is -0.452 e. The lowest BCUT2D eigenvalue weighted by atomic mass is 10.1. The van der Waals surface area contributed by atoms with Gasteiger partial charge in [-0.25, -0.2) is 0 Å². The fourth-order valence-corrected chi connectivity index (χ4v) is 2.50. The molecule has 17 heavy (non-hydrogen) atoms. The lowest BCUT2D eigenvalue weighted by molar-refractivity contribution is -0.122. The van der Waals surface area contributed by atoms with Gasteiger partial charge in [-0.05, 0) is 57.2 Å². The largest absolute Gasteiger partial charge is 0.452 e. The van der Waals surface area contributed by atoms with Gasteiger partial charge >= 0.3 is 0 Å². The van der Waals surface area contributed by atoms with Gasteiger partial charge in [0, 0.05) is 6.54 Å². The van der Waals surface area contributed by atoms with Crippen molar-refractivity contribution in [2.24, 2.45) is 0 Å². The van der Waals surface area contributed by atoms with Crippen LogP contribution in [-0.4, -0.2) is 18.5 Å². The molecule has 0 saturated carbocycles. The molecule has 6 heteroatoms. The summed E-state index contributed by atoms with van der Waals surface area (Å²) in [7, 11) is 0. The highest BCUT2D eigenvalue weighted by molar-refractivity contribution is 9.13. The van der Waals surface area contributed by atoms with E-state index in [2.05, 4.69) is 42.5 Å². The number of hydrogen-bond donors (Lipinski definition) is 2. The summed E-state index contributed by atoms with van der Waals surface area (Å²) < 4.78 is 7.02. The molecule has 2 heterocycles. The molecule has 0 aliphatic carbocycles. The maximum atomic E-state index is 11.7. The maximum absolute atomic E-state index is 11.7. The van der Waals surface area contributed by atoms with Crippen molar-refractivity contribution in [3.63, 3.8) is 0 Å². The zero-order valence-corrected chi connectivity index (χ0v) is 12.4. The van der Waals surface area contributed by atoms with Crippen molar-refractivity contribution in [2.45, 2.75) is 31.8 Å². The van der Waals surface area contributed by atoms with Gasteiger partial charge in [-0.2, -0.15) is 0 Å². The molecule has 0 aromatic carbocycles. The van der Waals surface area contributed by atoms with E-state index in [1.807, 2.05) is 6.07 Å². The smallest absolute Gasteiger partial charge is 0.237 e. The molecule has 1 amide bonds. The van der Waals surface area contributed by atoms with E-state index >= 15 is 0 Å². The quantitative estimate of drug-likeness (QED) is 0.865. The SMILES string of the molecule is O=C1NCCCCC1NCc1cc(Br)c(Br)o1. The predicted molar refractivity (Wildman–Crippen MR) is 71.6 cm³/mol. The second-order valence-corrected chi connectivity index (χ2v) is 5.63. The van der Waals surface area contributed by atoms with Gasteiger partial charge in [0.2, 0.25) is 5.91 Å². The topological polar surface area (TPSA) is 54.3 Å². The van der Waals surface area contributed by atoms with Crippen LogP contribution in [0.3, 0.4) is 0 Å². The summed E-state index contributed by atoms with van der Waals surface area (Å²) >= 11 is 6.64. The van der Waals surface area contributed by atoms with Gasteiger partial charge in [-0.15, -0.1) is 0 Å². The van der Waals surface area contributed by atoms with Crippen LogP contribution in [0.2, 0.25) is 0 Å². The standard InChI is InChI=1S/C11H14Br2N2O2/c12-8-5-7(17-10(8)13)6-15-9-3-1-2-4-14-11(9)16/h5,9,15H,1-4,6H2,(H,14,16). The first kappa shape index (κ1) is 13.1. The highest BCUT2D eigenvalue weighted by Crippen LogP contribution is 2.26. The zero-order valence-electron chi connectivity index (χ0n) is 9.26. The van der Waals surface area contributed by atoms with E-state index in [9.17, 15) is 4.79 Å². The molecule has 2 N–H and O–H groups in total. The molecular weight excluding hydrogens is 352 g/mol. The number of halogens is 2. The first-order valence-corrected chi connectivity index (χ1v) is 7.20. The van der Waals surface area contributed by atoms with E-state index in [4.69, 9.17) is 4.42 Å². The second kappa shape index (κ2) is 6.02. The summed E-state index contributed by atoms with van der Waals surface area (Å²) in [6.45, 7) is 1.34. The van der Waals surface area contributed by atoms with E-state index < -0.39 is 0 Å². The van der Waals surface area contributed by atoms with Gasteiger partial charge in [0.15, 0.2) is 4.67 Å². The van der Waals surface area contributed by atoms with E-state index in [0.29, 0.717) is 11.2 Å². The van der Waals surface area contributed by atoms with Crippen LogP contribution in [0, 0.1) is 0 Å². The molecule has 0 spiro atoms. The fraction of sp³-hybridized carbons (Fsp3) is 0.545. The van der Waals surface area contributed by atoms with Gasteiger partial charge in [-0.1, -0.05) is 0 Å². The third kappa shape index (κ3) is 3.56. The highest BCUT2D eigenvalue weighted by atomic mass is 79.9. The first-order chi connectivity index (χ1) is 8.16. The molecule has 4 nitrogen and oxygen atoms in total. The number of amides is 1. The van der Waals surface area contributed by atoms with Crippen LogP contribution in [0.25, 0.3) is 0 Å². The van der Waals surface area contributed by atoms with Gasteiger partial charge < -0.3 is 9.73 Å². The Morgan fingerprint density at radius 1 is 1.47 bits per heavy atom. The lowest BCUT2D eigenvalue weighted by Crippen LogP contribution is -2.42. The maximum Gasteiger partial charge on any atom is 0.237 e. The summed E-state index contributed by atoms with van der Waals surface area (Å²) in [5, 5.41) is 6.12. The first-order valence-electron chi connectivity index (χ1n) is 5.61. The third-order valence-corrected chi connectivity index (χ3v) is 4.46. The van der Waals surface area contributed by atoms with Crippen molar-refractivity contribution in [3.8, 4) is 0 Å². The molecule has 1 saturated heterocycles. The molecule has 1 fully saturated rings. The lowest BCUT2D eigenvalue weighted by Gasteiger charge is -2.13. The summed E-state index contributed by atoms with van der Waals surface area (Å²) in [4.78, 5) is 11.7. The summed E-state index contributed by atoms with van der Waals surface area (Å²) in [5.74, 6) is 0.896. The van der Waals surface area contributed by atoms with Gasteiger partial charge in [-0.3, -0.25) is 10.1 Å². The van der Waals surface area contributed by atoms with E-state index in [1.165, 1.54) is 0 Å². The van der Waals surface area contributed by atoms with E-state index in [-0.39, 0.29) is 11.9 Å². The Morgan fingerprint density at radius 2 is 2.29 bits per heavy atom. The molecule has 1 aromatic heterocycles. The van der Waals surface area contributed by atoms with Crippen LogP contribution in [-0.2, 0) is 11.3 Å². The van der Waals surface area contributed by atoms with Crippen LogP contribution < -0.4 is 10.6 Å². The van der Waals surface area contributed by atoms with E-state index in [1.54, 1.807) is 0 Å². The Bertz CT molecular complexity index is 387. The average Bonchev–Trinajstić information content (AvgIpc) is 2.50. The Morgan fingerprint density at radius 3 is 3.00 bits per heavy atom. The van der Waals surface area contributed by atoms with Gasteiger partial charge in [0.05, 0.1) is 17.1 Å². The van der Waals surface area contributed by atoms with Crippen LogP contribution in [0.1, 0.15) is 25.0 Å². The molecule has 1 aliphatic rings. The minimum absolute atomic E-state index is 0.0900. The molecule has 0 bridgehead atoms. The van der Waals surface area contributed by atoms with Crippen molar-refractivity contribution < 1.29 is 9.21 Å². The van der Waals surface area contributed by atoms with Crippen LogP contribution in [0.15, 0.2) is 19.6 Å². The molecule has 0 radical (unpaired) electrons. The third-order valence-electron chi connectivity index (χ3n) is 2.75. The number of hydrogen-bond acceptors (Lipinski definition) is 3. The second-order valence-electron chi connectivity index (χ2n) is 4.05. The van der Waals surface area contributed by atoms with Crippen molar-refractivity contribution in [1.82, 2.24) is 10.6 Å². The molecule has 1 unspecified atom stereocenters. The van der Waals surface area contributed by atoms with Crippen molar-refractivity contribution in [2.75, 3.05) is 6.54 Å². The highest BCUT2D eigenvalue weighted by Gasteiger charge is 2.20. The van der Waals surface area contributed by atoms with Crippen molar-refractivity contribution >= 4 is 37.8 Å². The van der Waals surface area contributed by atoms with E-state index in [0.717, 1.165) is 36.0 Å². The molecular formula is C11H14Br2N2O2. The number of nitrogens with one attached hydrogen (secondary N) is 2. The Kier molecular flexibility index (Phi) is 4.64.